The summed E-state index contributed by atoms with van der Waals surface area (Å²) in [6.45, 7) is 7.40. The molecule has 4 unspecified atom stereocenters. The van der Waals surface area contributed by atoms with Crippen LogP contribution in [0.5, 0.6) is 5.75 Å². The van der Waals surface area contributed by atoms with Gasteiger partial charge in [-0.15, -0.1) is 6.58 Å². The van der Waals surface area contributed by atoms with E-state index in [2.05, 4.69) is 38.5 Å². The zero-order chi connectivity index (χ0) is 27.7. The number of primary amides is 1. The van der Waals surface area contributed by atoms with Crippen LogP contribution in [-0.4, -0.2) is 66.9 Å². The van der Waals surface area contributed by atoms with Crippen molar-refractivity contribution < 1.29 is 33.8 Å². The number of aliphatic hydroxyl groups excluding tert-OH is 1. The number of amides is 4. The molecule has 0 spiro atoms. The van der Waals surface area contributed by atoms with E-state index in [1.165, 1.54) is 25.3 Å². The predicted octanol–water partition coefficient (Wildman–Crippen LogP) is 1.54. The second-order valence-electron chi connectivity index (χ2n) is 8.90. The summed E-state index contributed by atoms with van der Waals surface area (Å²) in [7, 11) is 1.46. The fourth-order valence-electron chi connectivity index (χ4n) is 3.70. The number of alkyl carbamates (subject to hydrolysis) is 1. The number of hydrogen-bond acceptors (Lipinski definition) is 7. The Morgan fingerprint density at radius 3 is 2.57 bits per heavy atom. The highest BCUT2D eigenvalue weighted by molar-refractivity contribution is 9.10. The quantitative estimate of drug-likeness (QED) is 0.247. The van der Waals surface area contributed by atoms with E-state index in [0.717, 1.165) is 0 Å². The molecule has 2 rings (SSSR count). The third-order valence-electron chi connectivity index (χ3n) is 5.56. The van der Waals surface area contributed by atoms with Crippen molar-refractivity contribution in [2.45, 2.75) is 51.0 Å². The van der Waals surface area contributed by atoms with Crippen molar-refractivity contribution >= 4 is 39.7 Å². The molecule has 0 aliphatic heterocycles. The molecule has 12 heteroatoms. The summed E-state index contributed by atoms with van der Waals surface area (Å²) in [5.74, 6) is -1.37. The van der Waals surface area contributed by atoms with Crippen molar-refractivity contribution in [3.63, 3.8) is 0 Å². The number of methoxy groups -OCH3 is 1. The molecule has 1 aliphatic carbocycles. The first-order valence-corrected chi connectivity index (χ1v) is 12.4. The molecule has 0 saturated carbocycles. The molecule has 0 fully saturated rings. The molecule has 1 aromatic carbocycles. The van der Waals surface area contributed by atoms with Crippen LogP contribution >= 0.6 is 15.9 Å². The highest BCUT2D eigenvalue weighted by Crippen LogP contribution is 2.26. The van der Waals surface area contributed by atoms with E-state index in [0.29, 0.717) is 16.6 Å². The first-order chi connectivity index (χ1) is 17.5. The topological polar surface area (TPSA) is 169 Å². The van der Waals surface area contributed by atoms with Gasteiger partial charge in [-0.2, -0.15) is 0 Å². The largest absolute Gasteiger partial charge is 0.497 e. The fraction of sp³-hybridized carbons (Fsp3) is 0.440. The lowest BCUT2D eigenvalue weighted by molar-refractivity contribution is -0.126. The van der Waals surface area contributed by atoms with E-state index in [-0.39, 0.29) is 30.0 Å². The van der Waals surface area contributed by atoms with Gasteiger partial charge in [0.15, 0.2) is 0 Å². The molecule has 6 N–H and O–H groups in total. The summed E-state index contributed by atoms with van der Waals surface area (Å²) >= 11 is 3.32. The first-order valence-electron chi connectivity index (χ1n) is 11.7. The summed E-state index contributed by atoms with van der Waals surface area (Å²) in [4.78, 5) is 50.1. The average Bonchev–Trinajstić information content (AvgIpc) is 2.84. The van der Waals surface area contributed by atoms with E-state index in [1.807, 2.05) is 13.8 Å². The lowest BCUT2D eigenvalue weighted by atomic mass is 9.89. The Labute approximate surface area is 224 Å². The molecule has 0 bridgehead atoms. The van der Waals surface area contributed by atoms with Gasteiger partial charge in [0.1, 0.15) is 24.0 Å². The molecule has 0 saturated heterocycles. The maximum atomic E-state index is 13.1. The van der Waals surface area contributed by atoms with Gasteiger partial charge < -0.3 is 36.3 Å². The van der Waals surface area contributed by atoms with Crippen LogP contribution < -0.4 is 26.4 Å². The molecule has 1 aliphatic rings. The highest BCUT2D eigenvalue weighted by Gasteiger charge is 2.38. The number of rotatable bonds is 11. The predicted molar refractivity (Wildman–Crippen MR) is 140 cm³/mol. The summed E-state index contributed by atoms with van der Waals surface area (Å²) in [5.41, 5.74) is 5.78. The average molecular weight is 581 g/mol. The van der Waals surface area contributed by atoms with Gasteiger partial charge in [-0.05, 0) is 46.5 Å². The Kier molecular flexibility index (Phi) is 11.1. The van der Waals surface area contributed by atoms with Crippen LogP contribution in [0.3, 0.4) is 0 Å². The Morgan fingerprint density at radius 2 is 1.97 bits per heavy atom. The third-order valence-corrected chi connectivity index (χ3v) is 6.25. The lowest BCUT2D eigenvalue weighted by Crippen LogP contribution is -2.53. The second kappa shape index (κ2) is 13.8. The van der Waals surface area contributed by atoms with Crippen molar-refractivity contribution in [1.82, 2.24) is 16.0 Å². The van der Waals surface area contributed by atoms with E-state index in [4.69, 9.17) is 15.2 Å². The van der Waals surface area contributed by atoms with Crippen LogP contribution in [0.1, 0.15) is 37.0 Å². The fourth-order valence-corrected chi connectivity index (χ4v) is 4.12. The van der Waals surface area contributed by atoms with Gasteiger partial charge in [-0.1, -0.05) is 26.0 Å². The number of nitrogens with two attached hydrogens (primary N) is 1. The van der Waals surface area contributed by atoms with Crippen LogP contribution in [0.2, 0.25) is 0 Å². The summed E-state index contributed by atoms with van der Waals surface area (Å²) in [6.07, 6.45) is -0.386. The maximum absolute atomic E-state index is 13.1. The second-order valence-corrected chi connectivity index (χ2v) is 9.76. The van der Waals surface area contributed by atoms with Gasteiger partial charge in [0.05, 0.1) is 18.7 Å². The minimum Gasteiger partial charge on any atom is -0.497 e. The minimum absolute atomic E-state index is 0.0814. The van der Waals surface area contributed by atoms with Crippen molar-refractivity contribution in [2.24, 2.45) is 11.7 Å². The number of ether oxygens (including phenoxy) is 2. The number of halogens is 1. The number of benzene rings is 1. The van der Waals surface area contributed by atoms with E-state index in [1.54, 1.807) is 12.1 Å². The van der Waals surface area contributed by atoms with Crippen LogP contribution in [0.25, 0.3) is 0 Å². The molecule has 0 heterocycles. The molecular weight excluding hydrogens is 548 g/mol. The van der Waals surface area contributed by atoms with Crippen LogP contribution in [-0.2, 0) is 14.3 Å². The Balaban J connectivity index is 2.33. The molecule has 11 nitrogen and oxygen atoms in total. The number of hydrogen-bond donors (Lipinski definition) is 5. The van der Waals surface area contributed by atoms with Crippen LogP contribution in [0.15, 0.2) is 47.0 Å². The lowest BCUT2D eigenvalue weighted by Gasteiger charge is -2.34. The van der Waals surface area contributed by atoms with Gasteiger partial charge in [-0.3, -0.25) is 14.4 Å². The number of carbonyl (C=O) groups is 4. The minimum atomic E-state index is -1.37. The Morgan fingerprint density at radius 1 is 1.27 bits per heavy atom. The molecular formula is C25H33BrN4O7. The van der Waals surface area contributed by atoms with Gasteiger partial charge in [0, 0.05) is 23.0 Å². The van der Waals surface area contributed by atoms with Gasteiger partial charge in [0.2, 0.25) is 11.8 Å². The van der Waals surface area contributed by atoms with Crippen LogP contribution in [0, 0.1) is 5.92 Å². The normalized spacial score (nSPS) is 19.7. The van der Waals surface area contributed by atoms with Gasteiger partial charge in [0.25, 0.3) is 5.91 Å². The SMILES string of the molecule is C=CCNC(=O)OC1CC(C(=O)NC(CC(C)C)C(N)=O)=CC(NC(=O)c2cc(OC)ccc2Br)C1O. The summed E-state index contributed by atoms with van der Waals surface area (Å²) in [6, 6.07) is 2.78. The molecule has 37 heavy (non-hydrogen) atoms. The van der Waals surface area contributed by atoms with E-state index < -0.39 is 48.1 Å². The van der Waals surface area contributed by atoms with Crippen LogP contribution in [0.4, 0.5) is 4.79 Å². The van der Waals surface area contributed by atoms with Gasteiger partial charge >= 0.3 is 6.09 Å². The summed E-state index contributed by atoms with van der Waals surface area (Å²) < 4.78 is 11.0. The van der Waals surface area contributed by atoms with E-state index in [9.17, 15) is 24.3 Å². The van der Waals surface area contributed by atoms with E-state index >= 15 is 0 Å². The standard InChI is InChI=1S/C25H33BrN4O7/c1-5-8-28-25(35)37-20-11-14(23(33)30-19(22(27)32)9-13(2)3)10-18(21(20)31)29-24(34)16-12-15(36-4)6-7-17(16)26/h5-7,10,12-13,18-21,31H,1,8-9,11H2,2-4H3,(H2,27,32)(H,28,35)(H,29,34)(H,30,33). The monoisotopic (exact) mass is 580 g/mol. The Hall–Kier alpha value is -3.38. The Bertz CT molecular complexity index is 1060. The number of carbonyl (C=O) groups excluding carboxylic acids is 4. The van der Waals surface area contributed by atoms with Gasteiger partial charge in [-0.25, -0.2) is 4.79 Å². The van der Waals surface area contributed by atoms with Crippen molar-refractivity contribution in [2.75, 3.05) is 13.7 Å². The van der Waals surface area contributed by atoms with Crippen molar-refractivity contribution in [3.8, 4) is 5.75 Å². The highest BCUT2D eigenvalue weighted by atomic mass is 79.9. The molecule has 0 aromatic heterocycles. The molecule has 1 aromatic rings. The maximum Gasteiger partial charge on any atom is 0.407 e. The molecule has 0 radical (unpaired) electrons. The zero-order valence-corrected chi connectivity index (χ0v) is 22.5. The zero-order valence-electron chi connectivity index (χ0n) is 21.0. The molecule has 202 valence electrons. The third kappa shape index (κ3) is 8.60. The molecule has 4 amide bonds. The smallest absolute Gasteiger partial charge is 0.407 e. The van der Waals surface area contributed by atoms with Crippen molar-refractivity contribution in [3.05, 3.63) is 52.5 Å². The molecule has 4 atom stereocenters. The number of aliphatic hydroxyl groups is 1. The first kappa shape index (κ1) is 29.8. The summed E-state index contributed by atoms with van der Waals surface area (Å²) in [5, 5.41) is 18.6. The van der Waals surface area contributed by atoms with Crippen molar-refractivity contribution in [1.29, 1.82) is 0 Å². The number of nitrogens with one attached hydrogen (secondary N) is 3.